The maximum Gasteiger partial charge on any atom is 0.343 e. The number of rotatable bonds is 4. The van der Waals surface area contributed by atoms with Crippen molar-refractivity contribution in [2.75, 3.05) is 0 Å². The molecule has 0 saturated heterocycles. The molecule has 0 aromatic heterocycles. The Morgan fingerprint density at radius 2 is 1.41 bits per heavy atom. The van der Waals surface area contributed by atoms with E-state index in [-0.39, 0.29) is 0 Å². The normalized spacial score (nSPS) is 10.9. The molecule has 0 saturated carbocycles. The maximum atomic E-state index is 12.0. The molecular formula is C17H15BrO4. The molecule has 0 aliphatic rings. The lowest BCUT2D eigenvalue weighted by atomic mass is 10.2. The number of benzene rings is 2. The zero-order valence-electron chi connectivity index (χ0n) is 12.2. The highest BCUT2D eigenvalue weighted by Gasteiger charge is 2.26. The van der Waals surface area contributed by atoms with Crippen LogP contribution in [0.1, 0.15) is 24.2 Å². The number of para-hydroxylation sites is 1. The van der Waals surface area contributed by atoms with E-state index >= 15 is 0 Å². The second-order valence-electron chi connectivity index (χ2n) is 5.09. The third kappa shape index (κ3) is 4.43. The number of carbonyl (C=O) groups excluding carboxylic acids is 2. The van der Waals surface area contributed by atoms with E-state index in [2.05, 4.69) is 15.9 Å². The van der Waals surface area contributed by atoms with Crippen molar-refractivity contribution in [3.63, 3.8) is 0 Å². The van der Waals surface area contributed by atoms with Gasteiger partial charge in [-0.2, -0.15) is 0 Å². The molecule has 2 rings (SSSR count). The van der Waals surface area contributed by atoms with Crippen LogP contribution in [-0.2, 0) is 4.79 Å². The van der Waals surface area contributed by atoms with Crippen LogP contribution < -0.4 is 9.47 Å². The summed E-state index contributed by atoms with van der Waals surface area (Å²) in [6.45, 7) is 3.39. The van der Waals surface area contributed by atoms with Crippen molar-refractivity contribution in [1.82, 2.24) is 0 Å². The Morgan fingerprint density at radius 3 is 1.95 bits per heavy atom. The molecule has 2 aromatic carbocycles. The van der Waals surface area contributed by atoms with E-state index < -0.39 is 16.3 Å². The molecule has 2 aromatic rings. The van der Waals surface area contributed by atoms with E-state index in [1.54, 1.807) is 62.4 Å². The highest BCUT2D eigenvalue weighted by Crippen LogP contribution is 2.21. The standard InChI is InChI=1S/C17H15BrO4/c1-17(2,18)16(20)22-14-10-8-12(9-11-14)15(19)21-13-6-4-3-5-7-13/h3-11H,1-2H3. The summed E-state index contributed by atoms with van der Waals surface area (Å²) in [5.74, 6) is -0.0326. The third-order valence-electron chi connectivity index (χ3n) is 2.74. The van der Waals surface area contributed by atoms with Gasteiger partial charge in [0.1, 0.15) is 15.8 Å². The minimum absolute atomic E-state index is 0.369. The molecular weight excluding hydrogens is 348 g/mol. The summed E-state index contributed by atoms with van der Waals surface area (Å²) in [6.07, 6.45) is 0. The first-order valence-corrected chi connectivity index (χ1v) is 7.44. The second kappa shape index (κ2) is 6.75. The fourth-order valence-electron chi connectivity index (χ4n) is 1.54. The second-order valence-corrected chi connectivity index (χ2v) is 7.07. The lowest BCUT2D eigenvalue weighted by Gasteiger charge is -2.14. The van der Waals surface area contributed by atoms with Gasteiger partial charge in [-0.3, -0.25) is 4.79 Å². The molecule has 22 heavy (non-hydrogen) atoms. The molecule has 0 bridgehead atoms. The number of ether oxygens (including phenoxy) is 2. The first-order valence-electron chi connectivity index (χ1n) is 6.65. The van der Waals surface area contributed by atoms with Crippen molar-refractivity contribution in [3.8, 4) is 11.5 Å². The molecule has 0 fully saturated rings. The minimum atomic E-state index is -0.766. The van der Waals surface area contributed by atoms with Gasteiger partial charge in [0, 0.05) is 0 Å². The van der Waals surface area contributed by atoms with Crippen LogP contribution in [0.25, 0.3) is 0 Å². The lowest BCUT2D eigenvalue weighted by molar-refractivity contribution is -0.136. The number of hydrogen-bond acceptors (Lipinski definition) is 4. The van der Waals surface area contributed by atoms with Crippen LogP contribution in [0.15, 0.2) is 54.6 Å². The van der Waals surface area contributed by atoms with Crippen molar-refractivity contribution in [2.45, 2.75) is 18.2 Å². The van der Waals surface area contributed by atoms with Crippen LogP contribution in [0.3, 0.4) is 0 Å². The first kappa shape index (κ1) is 16.2. The SMILES string of the molecule is CC(C)(Br)C(=O)Oc1ccc(C(=O)Oc2ccccc2)cc1. The van der Waals surface area contributed by atoms with Crippen LogP contribution in [0.5, 0.6) is 11.5 Å². The van der Waals surface area contributed by atoms with E-state index in [0.29, 0.717) is 17.1 Å². The number of carbonyl (C=O) groups is 2. The quantitative estimate of drug-likeness (QED) is 0.468. The Hall–Kier alpha value is -2.14. The third-order valence-corrected chi connectivity index (χ3v) is 3.06. The van der Waals surface area contributed by atoms with Gasteiger partial charge in [0.25, 0.3) is 0 Å². The summed E-state index contributed by atoms with van der Waals surface area (Å²) in [5.41, 5.74) is 0.377. The van der Waals surface area contributed by atoms with E-state index in [1.807, 2.05) is 6.07 Å². The van der Waals surface area contributed by atoms with Crippen molar-refractivity contribution >= 4 is 27.9 Å². The van der Waals surface area contributed by atoms with Gasteiger partial charge in [-0.05, 0) is 50.2 Å². The van der Waals surface area contributed by atoms with Gasteiger partial charge < -0.3 is 9.47 Å². The molecule has 0 atom stereocenters. The Labute approximate surface area is 137 Å². The molecule has 4 nitrogen and oxygen atoms in total. The summed E-state index contributed by atoms with van der Waals surface area (Å²) in [6, 6.07) is 15.0. The van der Waals surface area contributed by atoms with Crippen molar-refractivity contribution in [3.05, 3.63) is 60.2 Å². The number of esters is 2. The van der Waals surface area contributed by atoms with Gasteiger partial charge in [-0.1, -0.05) is 34.1 Å². The predicted octanol–water partition coefficient (Wildman–Crippen LogP) is 3.98. The molecule has 0 unspecified atom stereocenters. The molecule has 0 aliphatic carbocycles. The fourth-order valence-corrected chi connectivity index (χ4v) is 1.62. The Bertz CT molecular complexity index is 657. The predicted molar refractivity (Wildman–Crippen MR) is 86.5 cm³/mol. The molecule has 5 heteroatoms. The fraction of sp³-hybridized carbons (Fsp3) is 0.176. The van der Waals surface area contributed by atoms with E-state index in [9.17, 15) is 9.59 Å². The molecule has 0 heterocycles. The van der Waals surface area contributed by atoms with Crippen molar-refractivity contribution < 1.29 is 19.1 Å². The number of halogens is 1. The molecule has 114 valence electrons. The lowest BCUT2D eigenvalue weighted by Crippen LogP contribution is -2.29. The summed E-state index contributed by atoms with van der Waals surface area (Å²) >= 11 is 3.23. The summed E-state index contributed by atoms with van der Waals surface area (Å²) in [4.78, 5) is 23.7. The Morgan fingerprint density at radius 1 is 0.864 bits per heavy atom. The summed E-state index contributed by atoms with van der Waals surface area (Å²) in [7, 11) is 0. The summed E-state index contributed by atoms with van der Waals surface area (Å²) in [5, 5.41) is 0. The maximum absolute atomic E-state index is 12.0. The first-order chi connectivity index (χ1) is 10.4. The zero-order valence-corrected chi connectivity index (χ0v) is 13.8. The van der Waals surface area contributed by atoms with E-state index in [0.717, 1.165) is 0 Å². The topological polar surface area (TPSA) is 52.6 Å². The van der Waals surface area contributed by atoms with Crippen LogP contribution >= 0.6 is 15.9 Å². The van der Waals surface area contributed by atoms with Crippen LogP contribution in [0.2, 0.25) is 0 Å². The van der Waals surface area contributed by atoms with Gasteiger partial charge in [0.2, 0.25) is 0 Å². The minimum Gasteiger partial charge on any atom is -0.426 e. The van der Waals surface area contributed by atoms with Crippen LogP contribution in [0, 0.1) is 0 Å². The van der Waals surface area contributed by atoms with Gasteiger partial charge in [-0.25, -0.2) is 4.79 Å². The van der Waals surface area contributed by atoms with E-state index in [4.69, 9.17) is 9.47 Å². The molecule has 0 spiro atoms. The summed E-state index contributed by atoms with van der Waals surface area (Å²) < 4.78 is 9.65. The monoisotopic (exact) mass is 362 g/mol. The van der Waals surface area contributed by atoms with Gasteiger partial charge >= 0.3 is 11.9 Å². The largest absolute Gasteiger partial charge is 0.426 e. The highest BCUT2D eigenvalue weighted by atomic mass is 79.9. The zero-order chi connectivity index (χ0) is 16.2. The average molecular weight is 363 g/mol. The molecule has 0 N–H and O–H groups in total. The molecule has 0 amide bonds. The van der Waals surface area contributed by atoms with Gasteiger partial charge in [-0.15, -0.1) is 0 Å². The Kier molecular flexibility index (Phi) is 4.98. The smallest absolute Gasteiger partial charge is 0.343 e. The highest BCUT2D eigenvalue weighted by molar-refractivity contribution is 9.10. The number of alkyl halides is 1. The van der Waals surface area contributed by atoms with Gasteiger partial charge in [0.05, 0.1) is 5.56 Å². The van der Waals surface area contributed by atoms with Crippen molar-refractivity contribution in [1.29, 1.82) is 0 Å². The van der Waals surface area contributed by atoms with Crippen LogP contribution in [0.4, 0.5) is 0 Å². The van der Waals surface area contributed by atoms with Crippen LogP contribution in [-0.4, -0.2) is 16.3 Å². The molecule has 0 aliphatic heterocycles. The number of hydrogen-bond donors (Lipinski definition) is 0. The molecule has 0 radical (unpaired) electrons. The van der Waals surface area contributed by atoms with Crippen molar-refractivity contribution in [2.24, 2.45) is 0 Å². The Balaban J connectivity index is 2.03. The van der Waals surface area contributed by atoms with Gasteiger partial charge in [0.15, 0.2) is 0 Å². The van der Waals surface area contributed by atoms with E-state index in [1.165, 1.54) is 0 Å². The average Bonchev–Trinajstić information content (AvgIpc) is 2.48.